The highest BCUT2D eigenvalue weighted by molar-refractivity contribution is 6.23. The summed E-state index contributed by atoms with van der Waals surface area (Å²) in [5, 5.41) is 5.56. The van der Waals surface area contributed by atoms with Gasteiger partial charge in [0.05, 0.1) is 24.0 Å². The van der Waals surface area contributed by atoms with Crippen LogP contribution < -0.4 is 16.4 Å². The molecule has 1 aliphatic carbocycles. The third-order valence-corrected chi connectivity index (χ3v) is 7.89. The van der Waals surface area contributed by atoms with E-state index in [1.807, 2.05) is 13.8 Å². The van der Waals surface area contributed by atoms with Gasteiger partial charge in [0.15, 0.2) is 6.10 Å². The van der Waals surface area contributed by atoms with Crippen molar-refractivity contribution in [3.05, 3.63) is 71.1 Å². The van der Waals surface area contributed by atoms with Gasteiger partial charge in [-0.25, -0.2) is 4.79 Å². The smallest absolute Gasteiger partial charge is 0.405 e. The Hall–Kier alpha value is -4.04. The molecule has 0 aromatic rings. The molecule has 0 aromatic heterocycles. The third-order valence-electron chi connectivity index (χ3n) is 7.89. The standard InChI is InChI=1S/C35H50N4O9.ClH/c1-10-14-37-30-24-15-20(2)16-28(46-9)33(47-29(41)19-39(6)7)23(5)17-22(4)32(48-35(36)44)27(45-8)13-11-12-21(3)34(43)38-25(31(24)42)18-26(30)40;/h10-13,17-18,20,23,27-28,32-33,37H,1,14-16,19H2,2-9H3,(H2,36,44)(H,38,43);1H/b13-11+,21-12-,22-17+;. The molecule has 49 heavy (non-hydrogen) atoms. The zero-order chi connectivity index (χ0) is 36.1. The van der Waals surface area contributed by atoms with Gasteiger partial charge >= 0.3 is 12.1 Å². The van der Waals surface area contributed by atoms with E-state index in [1.165, 1.54) is 20.3 Å². The van der Waals surface area contributed by atoms with E-state index in [1.54, 1.807) is 57.1 Å². The maximum atomic E-state index is 13.8. The first-order chi connectivity index (χ1) is 22.6. The fourth-order valence-corrected chi connectivity index (χ4v) is 5.57. The van der Waals surface area contributed by atoms with Crippen molar-refractivity contribution in [1.82, 2.24) is 15.5 Å². The van der Waals surface area contributed by atoms with Gasteiger partial charge in [0, 0.05) is 43.9 Å². The lowest BCUT2D eigenvalue weighted by Crippen LogP contribution is -2.41. The van der Waals surface area contributed by atoms with Gasteiger partial charge < -0.3 is 35.3 Å². The molecule has 0 saturated heterocycles. The number of allylic oxidation sites excluding steroid dienone is 4. The molecule has 6 unspecified atom stereocenters. The number of Topliss-reactive ketones (excluding diaryl/α,β-unsaturated/α-hetero) is 1. The number of halogens is 1. The van der Waals surface area contributed by atoms with E-state index in [0.29, 0.717) is 12.0 Å². The number of amides is 2. The Morgan fingerprint density at radius 1 is 1.12 bits per heavy atom. The monoisotopic (exact) mass is 706 g/mol. The summed E-state index contributed by atoms with van der Waals surface area (Å²) in [5.41, 5.74) is 6.41. The predicted octanol–water partition coefficient (Wildman–Crippen LogP) is 3.07. The summed E-state index contributed by atoms with van der Waals surface area (Å²) >= 11 is 0. The van der Waals surface area contributed by atoms with E-state index in [0.717, 1.165) is 6.08 Å². The fourth-order valence-electron chi connectivity index (χ4n) is 5.57. The Morgan fingerprint density at radius 2 is 1.80 bits per heavy atom. The van der Waals surface area contributed by atoms with Gasteiger partial charge in [-0.2, -0.15) is 0 Å². The van der Waals surface area contributed by atoms with Crippen molar-refractivity contribution in [3.63, 3.8) is 0 Å². The number of carbonyl (C=O) groups excluding carboxylic acids is 5. The number of hydrogen-bond acceptors (Lipinski definition) is 11. The number of carbonyl (C=O) groups is 5. The fraction of sp³-hybridized carbons (Fsp3) is 0.514. The van der Waals surface area contributed by atoms with Crippen molar-refractivity contribution in [2.45, 2.75) is 65.0 Å². The molecule has 1 heterocycles. The van der Waals surface area contributed by atoms with Crippen LogP contribution >= 0.6 is 12.4 Å². The number of hydrogen-bond donors (Lipinski definition) is 3. The quantitative estimate of drug-likeness (QED) is 0.183. The summed E-state index contributed by atoms with van der Waals surface area (Å²) in [5.74, 6) is -2.75. The van der Waals surface area contributed by atoms with E-state index in [-0.39, 0.29) is 60.4 Å². The molecule has 0 aromatic carbocycles. The zero-order valence-corrected chi connectivity index (χ0v) is 30.4. The molecule has 2 amide bonds. The van der Waals surface area contributed by atoms with Crippen LogP contribution in [0.25, 0.3) is 0 Å². The van der Waals surface area contributed by atoms with Gasteiger partial charge in [-0.1, -0.05) is 44.2 Å². The number of rotatable bonds is 9. The topological polar surface area (TPSA) is 176 Å². The molecule has 13 nitrogen and oxygen atoms in total. The van der Waals surface area contributed by atoms with Gasteiger partial charge in [0.2, 0.25) is 11.6 Å². The van der Waals surface area contributed by atoms with Gasteiger partial charge in [0.25, 0.3) is 5.91 Å². The van der Waals surface area contributed by atoms with Crippen LogP contribution in [-0.4, -0.2) is 100 Å². The Morgan fingerprint density at radius 3 is 2.37 bits per heavy atom. The minimum absolute atomic E-state index is 0. The van der Waals surface area contributed by atoms with Crippen LogP contribution in [0.2, 0.25) is 0 Å². The largest absolute Gasteiger partial charge is 0.458 e. The number of methoxy groups -OCH3 is 2. The van der Waals surface area contributed by atoms with Gasteiger partial charge in [-0.15, -0.1) is 19.0 Å². The molecule has 0 radical (unpaired) electrons. The lowest BCUT2D eigenvalue weighted by molar-refractivity contribution is -0.161. The number of fused-ring (bicyclic) bond motifs is 2. The van der Waals surface area contributed by atoms with Gasteiger partial charge in [0.1, 0.15) is 12.2 Å². The first-order valence-electron chi connectivity index (χ1n) is 15.7. The molecule has 272 valence electrons. The molecular formula is C35H51ClN4O9. The van der Waals surface area contributed by atoms with Crippen LogP contribution in [0.1, 0.15) is 40.5 Å². The number of nitrogens with two attached hydrogens (primary N) is 1. The summed E-state index contributed by atoms with van der Waals surface area (Å²) in [6.45, 7) is 11.0. The van der Waals surface area contributed by atoms with E-state index < -0.39 is 59.9 Å². The number of esters is 1. The molecule has 1 aliphatic heterocycles. The van der Waals surface area contributed by atoms with E-state index in [4.69, 9.17) is 24.7 Å². The molecule has 0 saturated carbocycles. The highest BCUT2D eigenvalue weighted by Crippen LogP contribution is 2.30. The average molecular weight is 707 g/mol. The van der Waals surface area contributed by atoms with Gasteiger partial charge in [-0.05, 0) is 52.3 Å². The molecule has 0 fully saturated rings. The predicted molar refractivity (Wildman–Crippen MR) is 187 cm³/mol. The van der Waals surface area contributed by atoms with Crippen LogP contribution in [-0.2, 0) is 38.1 Å². The molecule has 2 aliphatic rings. The number of primary amides is 1. The van der Waals surface area contributed by atoms with E-state index >= 15 is 0 Å². The van der Waals surface area contributed by atoms with Crippen molar-refractivity contribution in [3.8, 4) is 0 Å². The number of ether oxygens (including phenoxy) is 4. The zero-order valence-electron chi connectivity index (χ0n) is 29.6. The summed E-state index contributed by atoms with van der Waals surface area (Å²) in [4.78, 5) is 66.7. The van der Waals surface area contributed by atoms with Crippen molar-refractivity contribution in [2.75, 3.05) is 41.4 Å². The molecule has 4 N–H and O–H groups in total. The normalized spacial score (nSPS) is 28.5. The highest BCUT2D eigenvalue weighted by atomic mass is 35.5. The maximum absolute atomic E-state index is 13.8. The van der Waals surface area contributed by atoms with Crippen LogP contribution in [0.4, 0.5) is 4.79 Å². The first-order valence-corrected chi connectivity index (χ1v) is 15.7. The van der Waals surface area contributed by atoms with Crippen molar-refractivity contribution in [2.24, 2.45) is 17.6 Å². The Kier molecular flexibility index (Phi) is 18.0. The maximum Gasteiger partial charge on any atom is 0.405 e. The summed E-state index contributed by atoms with van der Waals surface area (Å²) in [6.07, 6.45) is 5.32. The van der Waals surface area contributed by atoms with Crippen LogP contribution in [0.15, 0.2) is 71.1 Å². The molecule has 6 atom stereocenters. The van der Waals surface area contributed by atoms with Crippen LogP contribution in [0.3, 0.4) is 0 Å². The summed E-state index contributed by atoms with van der Waals surface area (Å²) in [6, 6.07) is 0. The number of ketones is 2. The first kappa shape index (κ1) is 43.0. The third kappa shape index (κ3) is 12.7. The number of nitrogens with one attached hydrogen (secondary N) is 2. The molecular weight excluding hydrogens is 656 g/mol. The lowest BCUT2D eigenvalue weighted by Gasteiger charge is -2.33. The minimum Gasteiger partial charge on any atom is -0.458 e. The summed E-state index contributed by atoms with van der Waals surface area (Å²) < 4.78 is 23.0. The number of nitrogens with zero attached hydrogens (tertiary/aromatic N) is 1. The second-order valence-corrected chi connectivity index (χ2v) is 12.3. The van der Waals surface area contributed by atoms with Crippen molar-refractivity contribution in [1.29, 1.82) is 0 Å². The molecule has 0 spiro atoms. The number of likely N-dealkylation sites (N-methyl/N-ethyl adjacent to an activating group) is 1. The average Bonchev–Trinajstić information content (AvgIpc) is 3.00. The van der Waals surface area contributed by atoms with Crippen molar-refractivity contribution < 1.29 is 42.9 Å². The second-order valence-electron chi connectivity index (χ2n) is 12.3. The Labute approximate surface area is 295 Å². The lowest BCUT2D eigenvalue weighted by atomic mass is 9.85. The minimum atomic E-state index is -1.02. The Bertz CT molecular complexity index is 1400. The molecule has 2 bridgehead atoms. The molecule has 14 heteroatoms. The van der Waals surface area contributed by atoms with Gasteiger partial charge in [-0.3, -0.25) is 24.1 Å². The van der Waals surface area contributed by atoms with Crippen molar-refractivity contribution >= 4 is 41.9 Å². The highest BCUT2D eigenvalue weighted by Gasteiger charge is 2.35. The SMILES string of the molecule is C=CCNC1=C2CC(C)CC(OC)C(OC(=O)CN(C)C)C(C)/C=C(\C)C(OC(N)=O)C(OC)/C=C/C=C(/C)C(=O)NC(=CC1=O)C2=O.Cl. The Balaban J connectivity index is 0.0000120. The second kappa shape index (κ2) is 20.5. The summed E-state index contributed by atoms with van der Waals surface area (Å²) in [7, 11) is 6.43. The van der Waals surface area contributed by atoms with E-state index in [9.17, 15) is 24.0 Å². The van der Waals surface area contributed by atoms with Crippen LogP contribution in [0, 0.1) is 11.8 Å². The van der Waals surface area contributed by atoms with Crippen LogP contribution in [0.5, 0.6) is 0 Å². The molecule has 2 rings (SSSR count). The van der Waals surface area contributed by atoms with E-state index in [2.05, 4.69) is 17.2 Å².